The highest BCUT2D eigenvalue weighted by atomic mass is 16.5. The van der Waals surface area contributed by atoms with Crippen LogP contribution < -0.4 is 4.74 Å². The summed E-state index contributed by atoms with van der Waals surface area (Å²) in [5.74, 6) is 0.493. The molecule has 1 aromatic heterocycles. The largest absolute Gasteiger partial charge is 0.487 e. The number of ether oxygens (including phenoxy) is 1. The summed E-state index contributed by atoms with van der Waals surface area (Å²) in [6.07, 6.45) is 3.82. The Bertz CT molecular complexity index is 284. The Hall–Kier alpha value is -1.64. The van der Waals surface area contributed by atoms with Crippen LogP contribution in [0, 0.1) is 0 Å². The first-order valence-electron chi connectivity index (χ1n) is 3.52. The lowest BCUT2D eigenvalue weighted by atomic mass is 10.3. The zero-order valence-electron chi connectivity index (χ0n) is 6.56. The number of hydrogen-bond acceptors (Lipinski definition) is 3. The monoisotopic (exact) mass is 163 g/mol. The van der Waals surface area contributed by atoms with Crippen LogP contribution in [0.5, 0.6) is 5.75 Å². The first-order valence-corrected chi connectivity index (χ1v) is 3.52. The smallest absolute Gasteiger partial charge is 0.172 e. The SMILES string of the molecule is C=CCOc1cccnc1C=O. The van der Waals surface area contributed by atoms with Crippen LogP contribution in [0.4, 0.5) is 0 Å². The average Bonchev–Trinajstić information content (AvgIpc) is 2.15. The molecule has 3 nitrogen and oxygen atoms in total. The third-order valence-electron chi connectivity index (χ3n) is 1.27. The zero-order valence-corrected chi connectivity index (χ0v) is 6.56. The molecule has 12 heavy (non-hydrogen) atoms. The van der Waals surface area contributed by atoms with Crippen LogP contribution >= 0.6 is 0 Å². The molecule has 1 aromatic rings. The van der Waals surface area contributed by atoms with Crippen molar-refractivity contribution in [3.05, 3.63) is 36.7 Å². The second-order valence-electron chi connectivity index (χ2n) is 2.10. The van der Waals surface area contributed by atoms with Gasteiger partial charge in [0.25, 0.3) is 0 Å². The van der Waals surface area contributed by atoms with Gasteiger partial charge in [0.15, 0.2) is 6.29 Å². The van der Waals surface area contributed by atoms with Crippen molar-refractivity contribution in [2.75, 3.05) is 6.61 Å². The van der Waals surface area contributed by atoms with Gasteiger partial charge in [0.1, 0.15) is 18.1 Å². The number of rotatable bonds is 4. The number of aldehydes is 1. The maximum absolute atomic E-state index is 10.4. The number of hydrogen-bond donors (Lipinski definition) is 0. The van der Waals surface area contributed by atoms with Crippen molar-refractivity contribution in [1.82, 2.24) is 4.98 Å². The molecular weight excluding hydrogens is 154 g/mol. The van der Waals surface area contributed by atoms with Gasteiger partial charge in [-0.25, -0.2) is 4.98 Å². The maximum atomic E-state index is 10.4. The first kappa shape index (κ1) is 8.46. The molecule has 0 atom stereocenters. The van der Waals surface area contributed by atoms with E-state index in [9.17, 15) is 4.79 Å². The van der Waals surface area contributed by atoms with Crippen LogP contribution in [0.1, 0.15) is 10.5 Å². The van der Waals surface area contributed by atoms with Crippen LogP contribution in [0.25, 0.3) is 0 Å². The number of pyridine rings is 1. The molecule has 0 aliphatic heterocycles. The van der Waals surface area contributed by atoms with Crippen molar-refractivity contribution in [3.63, 3.8) is 0 Å². The molecular formula is C9H9NO2. The quantitative estimate of drug-likeness (QED) is 0.498. The Morgan fingerprint density at radius 1 is 1.67 bits per heavy atom. The van der Waals surface area contributed by atoms with Gasteiger partial charge in [-0.1, -0.05) is 12.7 Å². The summed E-state index contributed by atoms with van der Waals surface area (Å²) >= 11 is 0. The average molecular weight is 163 g/mol. The lowest BCUT2D eigenvalue weighted by molar-refractivity contribution is 0.111. The highest BCUT2D eigenvalue weighted by Gasteiger charge is 2.00. The van der Waals surface area contributed by atoms with Gasteiger partial charge in [-0.2, -0.15) is 0 Å². The van der Waals surface area contributed by atoms with Crippen LogP contribution in [0.3, 0.4) is 0 Å². The van der Waals surface area contributed by atoms with Gasteiger partial charge < -0.3 is 4.74 Å². The van der Waals surface area contributed by atoms with Gasteiger partial charge in [0.05, 0.1) is 0 Å². The van der Waals surface area contributed by atoms with Gasteiger partial charge in [0, 0.05) is 6.20 Å². The van der Waals surface area contributed by atoms with Crippen molar-refractivity contribution in [1.29, 1.82) is 0 Å². The molecule has 0 unspecified atom stereocenters. The van der Waals surface area contributed by atoms with E-state index in [-0.39, 0.29) is 0 Å². The predicted molar refractivity (Wildman–Crippen MR) is 45.3 cm³/mol. The van der Waals surface area contributed by atoms with Gasteiger partial charge in [-0.15, -0.1) is 0 Å². The van der Waals surface area contributed by atoms with Gasteiger partial charge in [0.2, 0.25) is 0 Å². The van der Waals surface area contributed by atoms with E-state index in [1.165, 1.54) is 0 Å². The summed E-state index contributed by atoms with van der Waals surface area (Å²) in [6.45, 7) is 3.88. The molecule has 3 heteroatoms. The maximum Gasteiger partial charge on any atom is 0.172 e. The summed E-state index contributed by atoms with van der Waals surface area (Å²) in [4.78, 5) is 14.2. The number of aromatic nitrogens is 1. The lowest BCUT2D eigenvalue weighted by Gasteiger charge is -2.03. The standard InChI is InChI=1S/C9H9NO2/c1-2-6-12-9-4-3-5-10-8(9)7-11/h2-5,7H,1,6H2. The molecule has 0 aliphatic rings. The van der Waals surface area contributed by atoms with E-state index in [4.69, 9.17) is 4.74 Å². The Balaban J connectivity index is 2.81. The first-order chi connectivity index (χ1) is 5.88. The Morgan fingerprint density at radius 2 is 2.50 bits per heavy atom. The normalized spacial score (nSPS) is 9.00. The van der Waals surface area contributed by atoms with E-state index in [1.54, 1.807) is 24.4 Å². The lowest BCUT2D eigenvalue weighted by Crippen LogP contribution is -1.98. The molecule has 0 saturated heterocycles. The number of carbonyl (C=O) groups excluding carboxylic acids is 1. The third-order valence-corrected chi connectivity index (χ3v) is 1.27. The van der Waals surface area contributed by atoms with Crippen LogP contribution in [-0.2, 0) is 0 Å². The molecule has 0 radical (unpaired) electrons. The van der Waals surface area contributed by atoms with Gasteiger partial charge in [-0.05, 0) is 12.1 Å². The zero-order chi connectivity index (χ0) is 8.81. The molecule has 1 rings (SSSR count). The second kappa shape index (κ2) is 4.28. The van der Waals surface area contributed by atoms with E-state index in [1.807, 2.05) is 0 Å². The Kier molecular flexibility index (Phi) is 3.02. The fraction of sp³-hybridized carbons (Fsp3) is 0.111. The Labute approximate surface area is 70.7 Å². The third kappa shape index (κ3) is 1.92. The van der Waals surface area contributed by atoms with E-state index >= 15 is 0 Å². The van der Waals surface area contributed by atoms with Crippen molar-refractivity contribution < 1.29 is 9.53 Å². The Morgan fingerprint density at radius 3 is 3.17 bits per heavy atom. The van der Waals surface area contributed by atoms with E-state index in [0.717, 1.165) is 0 Å². The minimum Gasteiger partial charge on any atom is -0.487 e. The minimum absolute atomic E-state index is 0.319. The second-order valence-corrected chi connectivity index (χ2v) is 2.10. The molecule has 0 saturated carbocycles. The summed E-state index contributed by atoms with van der Waals surface area (Å²) < 4.78 is 5.17. The van der Waals surface area contributed by atoms with E-state index in [2.05, 4.69) is 11.6 Å². The topological polar surface area (TPSA) is 39.2 Å². The van der Waals surface area contributed by atoms with Crippen molar-refractivity contribution in [2.24, 2.45) is 0 Å². The number of carbonyl (C=O) groups is 1. The summed E-state index contributed by atoms with van der Waals surface area (Å²) in [5, 5.41) is 0. The minimum atomic E-state index is 0.319. The molecule has 62 valence electrons. The summed E-state index contributed by atoms with van der Waals surface area (Å²) in [6, 6.07) is 3.41. The molecule has 0 amide bonds. The molecule has 0 N–H and O–H groups in total. The van der Waals surface area contributed by atoms with Crippen LogP contribution in [0.2, 0.25) is 0 Å². The fourth-order valence-corrected chi connectivity index (χ4v) is 0.762. The van der Waals surface area contributed by atoms with Crippen molar-refractivity contribution >= 4 is 6.29 Å². The molecule has 0 bridgehead atoms. The van der Waals surface area contributed by atoms with Crippen LogP contribution in [-0.4, -0.2) is 17.9 Å². The number of nitrogens with zero attached hydrogens (tertiary/aromatic N) is 1. The predicted octanol–water partition coefficient (Wildman–Crippen LogP) is 1.46. The van der Waals surface area contributed by atoms with Crippen molar-refractivity contribution in [3.8, 4) is 5.75 Å². The van der Waals surface area contributed by atoms with Crippen molar-refractivity contribution in [2.45, 2.75) is 0 Å². The molecule has 1 heterocycles. The molecule has 0 fully saturated rings. The highest BCUT2D eigenvalue weighted by Crippen LogP contribution is 2.12. The van der Waals surface area contributed by atoms with E-state index < -0.39 is 0 Å². The van der Waals surface area contributed by atoms with Gasteiger partial charge in [-0.3, -0.25) is 4.79 Å². The molecule has 0 spiro atoms. The summed E-state index contributed by atoms with van der Waals surface area (Å²) in [7, 11) is 0. The van der Waals surface area contributed by atoms with Crippen LogP contribution in [0.15, 0.2) is 31.0 Å². The highest BCUT2D eigenvalue weighted by molar-refractivity contribution is 5.75. The van der Waals surface area contributed by atoms with E-state index in [0.29, 0.717) is 24.3 Å². The molecule has 0 aromatic carbocycles. The molecule has 0 aliphatic carbocycles. The van der Waals surface area contributed by atoms with Gasteiger partial charge >= 0.3 is 0 Å². The fourth-order valence-electron chi connectivity index (χ4n) is 0.762. The summed E-state index contributed by atoms with van der Waals surface area (Å²) in [5.41, 5.74) is 0.319.